The lowest BCUT2D eigenvalue weighted by Crippen LogP contribution is -2.46. The molecule has 3 N–H and O–H groups in total. The van der Waals surface area contributed by atoms with E-state index in [1.165, 1.54) is 24.3 Å². The number of hydrogen-bond acceptors (Lipinski definition) is 4. The number of nitrogens with one attached hydrogen (secondary N) is 2. The highest BCUT2D eigenvalue weighted by Gasteiger charge is 2.48. The molecule has 1 fully saturated rings. The van der Waals surface area contributed by atoms with Gasteiger partial charge in [-0.1, -0.05) is 48.5 Å². The predicted octanol–water partition coefficient (Wildman–Crippen LogP) is 4.26. The highest BCUT2D eigenvalue weighted by atomic mass is 31.1. The molecule has 3 aromatic rings. The number of hydrogen-bond donors (Lipinski definition) is 3. The number of nitrogens with zero attached hydrogens (tertiary/aromatic N) is 1. The van der Waals surface area contributed by atoms with Crippen LogP contribution in [-0.4, -0.2) is 58.0 Å². The quantitative estimate of drug-likeness (QED) is 0.237. The molecule has 0 bridgehead atoms. The first-order valence-electron chi connectivity index (χ1n) is 13.8. The van der Waals surface area contributed by atoms with Crippen LogP contribution in [0.2, 0.25) is 0 Å². The summed E-state index contributed by atoms with van der Waals surface area (Å²) < 4.78 is -0.293. The minimum atomic E-state index is -0.811. The zero-order valence-electron chi connectivity index (χ0n) is 22.8. The van der Waals surface area contributed by atoms with Crippen LogP contribution in [0.1, 0.15) is 47.2 Å². The van der Waals surface area contributed by atoms with Crippen molar-refractivity contribution in [2.24, 2.45) is 0 Å². The van der Waals surface area contributed by atoms with Crippen LogP contribution < -0.4 is 10.6 Å². The zero-order chi connectivity index (χ0) is 29.2. The van der Waals surface area contributed by atoms with E-state index in [9.17, 15) is 19.5 Å². The van der Waals surface area contributed by atoms with Gasteiger partial charge < -0.3 is 20.6 Å². The van der Waals surface area contributed by atoms with Crippen LogP contribution in [0.5, 0.6) is 5.75 Å². The fourth-order valence-corrected chi connectivity index (χ4v) is 6.29. The highest BCUT2D eigenvalue weighted by molar-refractivity contribution is 7.57. The first kappa shape index (κ1) is 29.6. The van der Waals surface area contributed by atoms with Gasteiger partial charge in [0, 0.05) is 29.8 Å². The second-order valence-corrected chi connectivity index (χ2v) is 16.2. The Morgan fingerprint density at radius 3 is 2.15 bits per heavy atom. The van der Waals surface area contributed by atoms with Crippen LogP contribution in [-0.2, 0) is 15.0 Å². The molecular formula is C31H36N3O4P3. The van der Waals surface area contributed by atoms with Crippen LogP contribution in [0.15, 0.2) is 72.8 Å². The summed E-state index contributed by atoms with van der Waals surface area (Å²) in [5, 5.41) is 15.5. The van der Waals surface area contributed by atoms with E-state index in [-0.39, 0.29) is 28.1 Å². The molecule has 5 rings (SSSR count). The van der Waals surface area contributed by atoms with Crippen molar-refractivity contribution in [3.8, 4) is 16.9 Å². The maximum atomic E-state index is 14.1. The average Bonchev–Trinajstić information content (AvgIpc) is 3.45. The van der Waals surface area contributed by atoms with E-state index in [0.29, 0.717) is 38.0 Å². The fraction of sp³-hybridized carbons (Fsp3) is 0.323. The van der Waals surface area contributed by atoms with E-state index in [1.54, 1.807) is 4.90 Å². The summed E-state index contributed by atoms with van der Waals surface area (Å²) in [5.41, 5.74) is 3.82. The van der Waals surface area contributed by atoms with Crippen LogP contribution >= 0.6 is 27.7 Å². The SMILES string of the molecule is O=C(NC1CCN(CCCCC2(C(=O)NCC(P)(P)P)c3ccccc3-c3ccccc32)C1=O)c1ccc(O)cc1. The monoisotopic (exact) mass is 607 g/mol. The Hall–Kier alpha value is -2.84. The van der Waals surface area contributed by atoms with E-state index in [1.807, 2.05) is 24.3 Å². The minimum absolute atomic E-state index is 0.0131. The van der Waals surface area contributed by atoms with Crippen LogP contribution in [0, 0.1) is 0 Å². The van der Waals surface area contributed by atoms with Crippen molar-refractivity contribution < 1.29 is 19.5 Å². The first-order chi connectivity index (χ1) is 19.6. The van der Waals surface area contributed by atoms with Gasteiger partial charge in [-0.15, -0.1) is 27.7 Å². The summed E-state index contributed by atoms with van der Waals surface area (Å²) in [6, 6.07) is 21.7. The number of carbonyl (C=O) groups is 3. The summed E-state index contributed by atoms with van der Waals surface area (Å²) in [6.45, 7) is 1.62. The molecule has 4 unspecified atom stereocenters. The fourth-order valence-electron chi connectivity index (χ4n) is 5.98. The van der Waals surface area contributed by atoms with Gasteiger partial charge >= 0.3 is 0 Å². The Labute approximate surface area is 247 Å². The molecule has 3 aromatic carbocycles. The summed E-state index contributed by atoms with van der Waals surface area (Å²) in [5.74, 6) is -0.346. The van der Waals surface area contributed by atoms with E-state index in [4.69, 9.17) is 0 Å². The van der Waals surface area contributed by atoms with Gasteiger partial charge in [-0.05, 0) is 72.2 Å². The van der Waals surface area contributed by atoms with Crippen molar-refractivity contribution in [3.05, 3.63) is 89.5 Å². The van der Waals surface area contributed by atoms with Crippen LogP contribution in [0.4, 0.5) is 0 Å². The van der Waals surface area contributed by atoms with Gasteiger partial charge in [0.05, 0.1) is 0 Å². The lowest BCUT2D eigenvalue weighted by atomic mass is 9.73. The number of carbonyl (C=O) groups excluding carboxylic acids is 3. The summed E-state index contributed by atoms with van der Waals surface area (Å²) in [4.78, 5) is 41.5. The standard InChI is InChI=1S/C31H36N3O4P3/c35-21-13-11-20(12-14-21)27(36)33-26-15-18-34(28(26)37)17-6-5-16-30(29(38)32-19-31(39,40)41)24-9-3-1-7-22(24)23-8-2-4-10-25(23)30/h1-4,7-14,26,35H,5-6,15-19,39-41H2,(H,32,38)(H,33,36). The smallest absolute Gasteiger partial charge is 0.251 e. The van der Waals surface area contributed by atoms with E-state index < -0.39 is 11.5 Å². The van der Waals surface area contributed by atoms with Crippen molar-refractivity contribution in [1.82, 2.24) is 15.5 Å². The van der Waals surface area contributed by atoms with Gasteiger partial charge in [0.25, 0.3) is 5.91 Å². The van der Waals surface area contributed by atoms with Gasteiger partial charge in [-0.2, -0.15) is 0 Å². The molecule has 0 saturated carbocycles. The summed E-state index contributed by atoms with van der Waals surface area (Å²) in [6.07, 6.45) is 2.66. The van der Waals surface area contributed by atoms with Gasteiger partial charge in [0.15, 0.2) is 0 Å². The van der Waals surface area contributed by atoms with Gasteiger partial charge in [0.1, 0.15) is 17.2 Å². The average molecular weight is 608 g/mol. The summed E-state index contributed by atoms with van der Waals surface area (Å²) >= 11 is 0. The van der Waals surface area contributed by atoms with E-state index in [2.05, 4.69) is 62.6 Å². The number of benzene rings is 3. The van der Waals surface area contributed by atoms with Crippen molar-refractivity contribution in [2.75, 3.05) is 19.6 Å². The third kappa shape index (κ3) is 6.19. The third-order valence-corrected chi connectivity index (χ3v) is 8.58. The molecule has 7 nitrogen and oxygen atoms in total. The Morgan fingerprint density at radius 1 is 0.927 bits per heavy atom. The molecule has 41 heavy (non-hydrogen) atoms. The Morgan fingerprint density at radius 2 is 1.54 bits per heavy atom. The molecule has 0 spiro atoms. The van der Waals surface area contributed by atoms with Gasteiger partial charge in [-0.25, -0.2) is 0 Å². The zero-order valence-corrected chi connectivity index (χ0v) is 26.3. The number of phenols is 1. The molecule has 214 valence electrons. The lowest BCUT2D eigenvalue weighted by molar-refractivity contribution is -0.129. The highest BCUT2D eigenvalue weighted by Crippen LogP contribution is 2.51. The number of phenolic OH excluding ortho intramolecular Hbond substituents is 1. The molecule has 0 aromatic heterocycles. The van der Waals surface area contributed by atoms with Crippen molar-refractivity contribution >= 4 is 45.4 Å². The molecule has 1 heterocycles. The molecule has 3 amide bonds. The second kappa shape index (κ2) is 12.2. The molecule has 0 radical (unpaired) electrons. The molecule has 1 aliphatic carbocycles. The van der Waals surface area contributed by atoms with E-state index in [0.717, 1.165) is 35.1 Å². The number of likely N-dealkylation sites (tertiary alicyclic amines) is 1. The Kier molecular flexibility index (Phi) is 8.81. The maximum Gasteiger partial charge on any atom is 0.251 e. The number of amides is 3. The third-order valence-electron chi connectivity index (χ3n) is 7.97. The maximum absolute atomic E-state index is 14.1. The van der Waals surface area contributed by atoms with E-state index >= 15 is 0 Å². The van der Waals surface area contributed by atoms with Crippen LogP contribution in [0.25, 0.3) is 11.1 Å². The molecule has 1 aliphatic heterocycles. The van der Waals surface area contributed by atoms with Crippen molar-refractivity contribution in [1.29, 1.82) is 0 Å². The van der Waals surface area contributed by atoms with Crippen molar-refractivity contribution in [2.45, 2.75) is 41.8 Å². The molecule has 2 aliphatic rings. The Balaban J connectivity index is 1.26. The predicted molar refractivity (Wildman–Crippen MR) is 172 cm³/mol. The molecule has 4 atom stereocenters. The number of fused-ring (bicyclic) bond motifs is 3. The largest absolute Gasteiger partial charge is 0.508 e. The molecular weight excluding hydrogens is 571 g/mol. The van der Waals surface area contributed by atoms with Gasteiger partial charge in [0.2, 0.25) is 11.8 Å². The normalized spacial score (nSPS) is 17.2. The number of rotatable bonds is 10. The minimum Gasteiger partial charge on any atom is -0.508 e. The summed E-state index contributed by atoms with van der Waals surface area (Å²) in [7, 11) is 8.17. The molecule has 1 saturated heterocycles. The van der Waals surface area contributed by atoms with Gasteiger partial charge in [-0.3, -0.25) is 14.4 Å². The van der Waals surface area contributed by atoms with Crippen molar-refractivity contribution in [3.63, 3.8) is 0 Å². The van der Waals surface area contributed by atoms with Crippen LogP contribution in [0.3, 0.4) is 0 Å². The second-order valence-electron chi connectivity index (χ2n) is 10.9. The Bertz CT molecular complexity index is 1410. The lowest BCUT2D eigenvalue weighted by Gasteiger charge is -2.32. The first-order valence-corrected chi connectivity index (χ1v) is 15.6. The number of aromatic hydroxyl groups is 1. The topological polar surface area (TPSA) is 98.7 Å². The molecule has 10 heteroatoms. The number of unbranched alkanes of at least 4 members (excludes halogenated alkanes) is 1.